The van der Waals surface area contributed by atoms with Gasteiger partial charge in [-0.1, -0.05) is 18.2 Å². The zero-order valence-electron chi connectivity index (χ0n) is 14.9. The van der Waals surface area contributed by atoms with E-state index in [-0.39, 0.29) is 18.2 Å². The van der Waals surface area contributed by atoms with Crippen molar-refractivity contribution in [2.45, 2.75) is 26.8 Å². The number of nitrogens with zero attached hydrogens (tertiary/aromatic N) is 1. The van der Waals surface area contributed by atoms with Crippen molar-refractivity contribution >= 4 is 28.8 Å². The van der Waals surface area contributed by atoms with Crippen molar-refractivity contribution in [1.82, 2.24) is 4.90 Å². The van der Waals surface area contributed by atoms with Gasteiger partial charge in [-0.25, -0.2) is 0 Å². The molecule has 0 aliphatic carbocycles. The Hall–Kier alpha value is -2.18. The highest BCUT2D eigenvalue weighted by Crippen LogP contribution is 2.17. The zero-order chi connectivity index (χ0) is 18.2. The number of amides is 2. The fourth-order valence-corrected chi connectivity index (χ4v) is 3.12. The van der Waals surface area contributed by atoms with E-state index in [1.165, 1.54) is 0 Å². The molecule has 0 bridgehead atoms. The molecule has 2 amide bonds. The summed E-state index contributed by atoms with van der Waals surface area (Å²) in [7, 11) is 1.60. The molecular weight excluding hydrogens is 336 g/mol. The van der Waals surface area contributed by atoms with Crippen LogP contribution in [0.5, 0.6) is 0 Å². The van der Waals surface area contributed by atoms with E-state index in [1.807, 2.05) is 49.6 Å². The molecule has 134 valence electrons. The molecule has 0 radical (unpaired) electrons. The number of aryl methyl sites for hydroxylation is 2. The Labute approximate surface area is 152 Å². The average molecular weight is 360 g/mol. The van der Waals surface area contributed by atoms with Crippen molar-refractivity contribution < 1.29 is 14.3 Å². The predicted octanol–water partition coefficient (Wildman–Crippen LogP) is 3.37. The minimum absolute atomic E-state index is 0.178. The second kappa shape index (κ2) is 9.34. The van der Waals surface area contributed by atoms with Crippen LogP contribution >= 0.6 is 11.3 Å². The molecule has 1 heterocycles. The first-order valence-electron chi connectivity index (χ1n) is 8.16. The largest absolute Gasteiger partial charge is 0.383 e. The lowest BCUT2D eigenvalue weighted by Gasteiger charge is -2.21. The van der Waals surface area contributed by atoms with Crippen LogP contribution in [0.4, 0.5) is 5.69 Å². The lowest BCUT2D eigenvalue weighted by atomic mass is 10.1. The van der Waals surface area contributed by atoms with Gasteiger partial charge in [0.05, 0.1) is 13.2 Å². The first-order chi connectivity index (χ1) is 12.0. The lowest BCUT2D eigenvalue weighted by Crippen LogP contribution is -2.35. The number of nitrogens with one attached hydrogen (secondary N) is 1. The number of hydrogen-bond donors (Lipinski definition) is 1. The van der Waals surface area contributed by atoms with Crippen LogP contribution in [-0.4, -0.2) is 37.0 Å². The van der Waals surface area contributed by atoms with E-state index in [9.17, 15) is 9.59 Å². The highest BCUT2D eigenvalue weighted by molar-refractivity contribution is 7.09. The zero-order valence-corrected chi connectivity index (χ0v) is 15.7. The molecule has 6 heteroatoms. The van der Waals surface area contributed by atoms with Crippen molar-refractivity contribution in [1.29, 1.82) is 0 Å². The second-order valence-electron chi connectivity index (χ2n) is 5.93. The van der Waals surface area contributed by atoms with Crippen LogP contribution in [-0.2, 0) is 20.9 Å². The number of carbonyl (C=O) groups excluding carboxylic acids is 2. The SMILES string of the molecule is COCCN(Cc1cccs1)C(=O)CC(=O)Nc1cc(C)ccc1C. The summed E-state index contributed by atoms with van der Waals surface area (Å²) in [5.41, 5.74) is 2.78. The number of methoxy groups -OCH3 is 1. The predicted molar refractivity (Wildman–Crippen MR) is 101 cm³/mol. The van der Waals surface area contributed by atoms with Gasteiger partial charge >= 0.3 is 0 Å². The van der Waals surface area contributed by atoms with Crippen LogP contribution in [0.15, 0.2) is 35.7 Å². The molecule has 0 aliphatic rings. The van der Waals surface area contributed by atoms with Crippen LogP contribution in [0.2, 0.25) is 0 Å². The molecule has 1 aromatic heterocycles. The summed E-state index contributed by atoms with van der Waals surface area (Å²) in [5, 5.41) is 4.81. The number of anilines is 1. The number of hydrogen-bond acceptors (Lipinski definition) is 4. The third-order valence-electron chi connectivity index (χ3n) is 3.82. The van der Waals surface area contributed by atoms with Gasteiger partial charge in [0.15, 0.2) is 0 Å². The van der Waals surface area contributed by atoms with Gasteiger partial charge in [-0.05, 0) is 42.5 Å². The highest BCUT2D eigenvalue weighted by atomic mass is 32.1. The maximum Gasteiger partial charge on any atom is 0.233 e. The number of carbonyl (C=O) groups is 2. The molecule has 0 saturated carbocycles. The first kappa shape index (κ1) is 19.1. The van der Waals surface area contributed by atoms with E-state index in [0.29, 0.717) is 19.7 Å². The van der Waals surface area contributed by atoms with Crippen LogP contribution in [0.3, 0.4) is 0 Å². The van der Waals surface area contributed by atoms with E-state index >= 15 is 0 Å². The van der Waals surface area contributed by atoms with Crippen molar-refractivity contribution in [3.8, 4) is 0 Å². The van der Waals surface area contributed by atoms with Crippen molar-refractivity contribution in [2.24, 2.45) is 0 Å². The van der Waals surface area contributed by atoms with E-state index in [0.717, 1.165) is 21.7 Å². The number of benzene rings is 1. The molecule has 5 nitrogen and oxygen atoms in total. The Morgan fingerprint density at radius 2 is 2.04 bits per heavy atom. The molecule has 0 spiro atoms. The van der Waals surface area contributed by atoms with Gasteiger partial charge < -0.3 is 15.0 Å². The molecule has 1 aromatic carbocycles. The quantitative estimate of drug-likeness (QED) is 0.734. The standard InChI is InChI=1S/C19H24N2O3S/c1-14-6-7-15(2)17(11-14)20-18(22)12-19(23)21(8-9-24-3)13-16-5-4-10-25-16/h4-7,10-11H,8-9,12-13H2,1-3H3,(H,20,22). The van der Waals surface area contributed by atoms with E-state index in [4.69, 9.17) is 4.74 Å². The highest BCUT2D eigenvalue weighted by Gasteiger charge is 2.18. The summed E-state index contributed by atoms with van der Waals surface area (Å²) >= 11 is 1.59. The molecule has 1 N–H and O–H groups in total. The number of ether oxygens (including phenoxy) is 1. The van der Waals surface area contributed by atoms with Crippen LogP contribution < -0.4 is 5.32 Å². The molecule has 0 fully saturated rings. The average Bonchev–Trinajstić information content (AvgIpc) is 3.07. The van der Waals surface area contributed by atoms with Crippen molar-refractivity contribution in [2.75, 3.05) is 25.6 Å². The topological polar surface area (TPSA) is 58.6 Å². The van der Waals surface area contributed by atoms with Gasteiger partial charge in [0.2, 0.25) is 11.8 Å². The van der Waals surface area contributed by atoms with Gasteiger partial charge in [-0.15, -0.1) is 11.3 Å². The Balaban J connectivity index is 1.98. The normalized spacial score (nSPS) is 10.5. The maximum atomic E-state index is 12.5. The van der Waals surface area contributed by atoms with Gasteiger partial charge in [0.1, 0.15) is 6.42 Å². The Bertz CT molecular complexity index is 713. The molecule has 0 saturated heterocycles. The summed E-state index contributed by atoms with van der Waals surface area (Å²) in [4.78, 5) is 27.6. The molecule has 2 aromatic rings. The summed E-state index contributed by atoms with van der Waals surface area (Å²) in [6.07, 6.45) is -0.178. The van der Waals surface area contributed by atoms with E-state index < -0.39 is 0 Å². The molecule has 0 aliphatic heterocycles. The number of rotatable bonds is 8. The molecule has 25 heavy (non-hydrogen) atoms. The van der Waals surface area contributed by atoms with Gasteiger partial charge in [-0.2, -0.15) is 0 Å². The maximum absolute atomic E-state index is 12.5. The molecule has 2 rings (SSSR count). The van der Waals surface area contributed by atoms with E-state index in [1.54, 1.807) is 23.3 Å². The monoisotopic (exact) mass is 360 g/mol. The van der Waals surface area contributed by atoms with Gasteiger partial charge in [0, 0.05) is 24.2 Å². The fraction of sp³-hybridized carbons (Fsp3) is 0.368. The number of thiophene rings is 1. The van der Waals surface area contributed by atoms with Gasteiger partial charge in [-0.3, -0.25) is 9.59 Å². The first-order valence-corrected chi connectivity index (χ1v) is 9.03. The summed E-state index contributed by atoms with van der Waals surface area (Å²) in [5.74, 6) is -0.499. The van der Waals surface area contributed by atoms with E-state index in [2.05, 4.69) is 5.32 Å². The van der Waals surface area contributed by atoms with Gasteiger partial charge in [0.25, 0.3) is 0 Å². The second-order valence-corrected chi connectivity index (χ2v) is 6.96. The summed E-state index contributed by atoms with van der Waals surface area (Å²) in [6.45, 7) is 5.29. The summed E-state index contributed by atoms with van der Waals surface area (Å²) in [6, 6.07) is 9.78. The smallest absolute Gasteiger partial charge is 0.233 e. The Morgan fingerprint density at radius 3 is 2.72 bits per heavy atom. The van der Waals surface area contributed by atoms with Crippen LogP contribution in [0.1, 0.15) is 22.4 Å². The molecule has 0 atom stereocenters. The Kier molecular flexibility index (Phi) is 7.16. The lowest BCUT2D eigenvalue weighted by molar-refractivity contribution is -0.135. The fourth-order valence-electron chi connectivity index (χ4n) is 2.40. The summed E-state index contributed by atoms with van der Waals surface area (Å²) < 4.78 is 5.08. The van der Waals surface area contributed by atoms with Crippen molar-refractivity contribution in [3.05, 3.63) is 51.7 Å². The third kappa shape index (κ3) is 5.99. The molecular formula is C19H24N2O3S. The Morgan fingerprint density at radius 1 is 1.24 bits per heavy atom. The third-order valence-corrected chi connectivity index (χ3v) is 4.68. The minimum atomic E-state index is -0.299. The minimum Gasteiger partial charge on any atom is -0.383 e. The van der Waals surface area contributed by atoms with Crippen LogP contribution in [0, 0.1) is 13.8 Å². The molecule has 0 unspecified atom stereocenters. The van der Waals surface area contributed by atoms with Crippen molar-refractivity contribution in [3.63, 3.8) is 0 Å². The van der Waals surface area contributed by atoms with Crippen LogP contribution in [0.25, 0.3) is 0 Å².